The Balaban J connectivity index is 1.89. The van der Waals surface area contributed by atoms with Crippen LogP contribution in [0.25, 0.3) is 0 Å². The molecule has 2 N–H and O–H groups in total. The van der Waals surface area contributed by atoms with Crippen LogP contribution in [0.3, 0.4) is 0 Å². The zero-order valence-corrected chi connectivity index (χ0v) is 13.6. The van der Waals surface area contributed by atoms with E-state index in [-0.39, 0.29) is 6.04 Å². The molecule has 122 valence electrons. The molecule has 1 fully saturated rings. The first-order chi connectivity index (χ1) is 10.3. The number of hydrogen-bond acceptors (Lipinski definition) is 4. The van der Waals surface area contributed by atoms with Gasteiger partial charge in [0.25, 0.3) is 0 Å². The fraction of sp³-hybridized carbons (Fsp3) is 0.588. The molecule has 0 aromatic heterocycles. The maximum atomic E-state index is 11.9. The molecular formula is C17H26N2O3. The third kappa shape index (κ3) is 5.66. The number of amides is 1. The molecule has 0 radical (unpaired) electrons. The van der Waals surface area contributed by atoms with Crippen LogP contribution in [0.15, 0.2) is 30.3 Å². The summed E-state index contributed by atoms with van der Waals surface area (Å²) in [4.78, 5) is 14.0. The van der Waals surface area contributed by atoms with Crippen molar-refractivity contribution in [2.45, 2.75) is 51.5 Å². The van der Waals surface area contributed by atoms with E-state index in [1.807, 2.05) is 39.0 Å². The highest BCUT2D eigenvalue weighted by atomic mass is 16.6. The quantitative estimate of drug-likeness (QED) is 0.898. The number of piperidine rings is 1. The monoisotopic (exact) mass is 306 g/mol. The van der Waals surface area contributed by atoms with Crippen LogP contribution in [-0.2, 0) is 11.3 Å². The lowest BCUT2D eigenvalue weighted by Gasteiger charge is -2.36. The van der Waals surface area contributed by atoms with Crippen molar-refractivity contribution in [3.63, 3.8) is 0 Å². The van der Waals surface area contributed by atoms with E-state index in [0.717, 1.165) is 6.54 Å². The number of aliphatic hydroxyl groups is 1. The number of aliphatic hydroxyl groups excluding tert-OH is 1. The number of nitrogens with one attached hydrogen (secondary N) is 1. The second-order valence-corrected chi connectivity index (χ2v) is 6.91. The van der Waals surface area contributed by atoms with E-state index >= 15 is 0 Å². The Hall–Kier alpha value is -1.59. The van der Waals surface area contributed by atoms with Gasteiger partial charge in [0.2, 0.25) is 0 Å². The minimum absolute atomic E-state index is 0.0951. The van der Waals surface area contributed by atoms with E-state index < -0.39 is 17.8 Å². The normalized spacial score (nSPS) is 23.1. The molecule has 1 aromatic rings. The summed E-state index contributed by atoms with van der Waals surface area (Å²) in [6, 6.07) is 10.0. The Labute approximate surface area is 132 Å². The van der Waals surface area contributed by atoms with E-state index in [2.05, 4.69) is 22.3 Å². The van der Waals surface area contributed by atoms with Crippen LogP contribution in [0.2, 0.25) is 0 Å². The minimum atomic E-state index is -0.513. The van der Waals surface area contributed by atoms with E-state index in [9.17, 15) is 9.90 Å². The molecule has 1 aliphatic heterocycles. The molecule has 0 bridgehead atoms. The van der Waals surface area contributed by atoms with Crippen LogP contribution in [0.4, 0.5) is 4.79 Å². The Morgan fingerprint density at radius 1 is 1.32 bits per heavy atom. The first-order valence-corrected chi connectivity index (χ1v) is 7.76. The number of benzene rings is 1. The summed E-state index contributed by atoms with van der Waals surface area (Å²) in [7, 11) is 0. The average molecular weight is 306 g/mol. The maximum Gasteiger partial charge on any atom is 0.407 e. The van der Waals surface area contributed by atoms with Gasteiger partial charge in [-0.3, -0.25) is 4.90 Å². The van der Waals surface area contributed by atoms with Gasteiger partial charge in [-0.05, 0) is 32.8 Å². The molecule has 0 spiro atoms. The van der Waals surface area contributed by atoms with Gasteiger partial charge < -0.3 is 15.2 Å². The van der Waals surface area contributed by atoms with Gasteiger partial charge in [0.15, 0.2) is 0 Å². The number of hydrogen-bond donors (Lipinski definition) is 2. The van der Waals surface area contributed by atoms with Crippen molar-refractivity contribution in [1.29, 1.82) is 0 Å². The molecule has 5 nitrogen and oxygen atoms in total. The highest BCUT2D eigenvalue weighted by molar-refractivity contribution is 5.68. The molecule has 5 heteroatoms. The molecule has 2 rings (SSSR count). The molecule has 0 unspecified atom stereocenters. The smallest absolute Gasteiger partial charge is 0.407 e. The van der Waals surface area contributed by atoms with Crippen molar-refractivity contribution in [3.05, 3.63) is 35.9 Å². The first kappa shape index (κ1) is 16.8. The summed E-state index contributed by atoms with van der Waals surface area (Å²) in [5, 5.41) is 12.9. The standard InChI is InChI=1S/C17H26N2O3/c1-17(2,3)22-16(21)18-14-9-15(20)12-19(11-14)10-13-7-5-4-6-8-13/h4-8,14-15,20H,9-12H2,1-3H3,(H,18,21)/t14-,15-/m0/s1. The SMILES string of the molecule is CC(C)(C)OC(=O)N[C@H]1C[C@H](O)CN(Cc2ccccc2)C1. The lowest BCUT2D eigenvalue weighted by atomic mass is 10.0. The van der Waals surface area contributed by atoms with Crippen LogP contribution >= 0.6 is 0 Å². The van der Waals surface area contributed by atoms with Crippen molar-refractivity contribution >= 4 is 6.09 Å². The minimum Gasteiger partial charge on any atom is -0.444 e. The fourth-order valence-corrected chi connectivity index (χ4v) is 2.71. The number of β-amino-alcohol motifs (C(OH)–C–C–N with tert-alkyl or cyclic N) is 1. The lowest BCUT2D eigenvalue weighted by molar-refractivity contribution is 0.0292. The third-order valence-corrected chi connectivity index (χ3v) is 3.47. The number of carbonyl (C=O) groups is 1. The highest BCUT2D eigenvalue weighted by Gasteiger charge is 2.28. The number of likely N-dealkylation sites (tertiary alicyclic amines) is 1. The van der Waals surface area contributed by atoms with E-state index in [1.54, 1.807) is 0 Å². The number of alkyl carbamates (subject to hydrolysis) is 1. The number of ether oxygens (including phenoxy) is 1. The summed E-state index contributed by atoms with van der Waals surface area (Å²) < 4.78 is 5.28. The van der Waals surface area contributed by atoms with Crippen LogP contribution in [-0.4, -0.2) is 46.9 Å². The first-order valence-electron chi connectivity index (χ1n) is 7.76. The summed E-state index contributed by atoms with van der Waals surface area (Å²) in [5.41, 5.74) is 0.689. The van der Waals surface area contributed by atoms with Crippen molar-refractivity contribution in [3.8, 4) is 0 Å². The van der Waals surface area contributed by atoms with Gasteiger partial charge in [-0.2, -0.15) is 0 Å². The predicted molar refractivity (Wildman–Crippen MR) is 85.5 cm³/mol. The Kier molecular flexibility index (Phi) is 5.42. The summed E-state index contributed by atoms with van der Waals surface area (Å²) in [6.45, 7) is 7.62. The summed E-state index contributed by atoms with van der Waals surface area (Å²) in [6.07, 6.45) is -0.298. The maximum absolute atomic E-state index is 11.9. The zero-order valence-electron chi connectivity index (χ0n) is 13.6. The van der Waals surface area contributed by atoms with E-state index in [4.69, 9.17) is 4.74 Å². The summed E-state index contributed by atoms with van der Waals surface area (Å²) in [5.74, 6) is 0. The molecular weight excluding hydrogens is 280 g/mol. The predicted octanol–water partition coefficient (Wildman–Crippen LogP) is 2.15. The molecule has 0 aliphatic carbocycles. The van der Waals surface area contributed by atoms with Gasteiger partial charge in [-0.25, -0.2) is 4.79 Å². The average Bonchev–Trinajstić information content (AvgIpc) is 2.36. The van der Waals surface area contributed by atoms with Crippen LogP contribution in [0.5, 0.6) is 0 Å². The second-order valence-electron chi connectivity index (χ2n) is 6.91. The molecule has 1 aromatic carbocycles. The molecule has 1 aliphatic rings. The fourth-order valence-electron chi connectivity index (χ4n) is 2.71. The third-order valence-electron chi connectivity index (χ3n) is 3.47. The van der Waals surface area contributed by atoms with E-state index in [0.29, 0.717) is 19.5 Å². The number of nitrogens with zero attached hydrogens (tertiary/aromatic N) is 1. The van der Waals surface area contributed by atoms with Crippen molar-refractivity contribution in [1.82, 2.24) is 10.2 Å². The molecule has 1 heterocycles. The Morgan fingerprint density at radius 2 is 2.00 bits per heavy atom. The highest BCUT2D eigenvalue weighted by Crippen LogP contribution is 2.15. The molecule has 22 heavy (non-hydrogen) atoms. The Morgan fingerprint density at radius 3 is 2.64 bits per heavy atom. The number of rotatable bonds is 3. The van der Waals surface area contributed by atoms with Crippen molar-refractivity contribution in [2.75, 3.05) is 13.1 Å². The topological polar surface area (TPSA) is 61.8 Å². The molecule has 2 atom stereocenters. The summed E-state index contributed by atoms with van der Waals surface area (Å²) >= 11 is 0. The van der Waals surface area contributed by atoms with Gasteiger partial charge in [0.1, 0.15) is 5.60 Å². The zero-order chi connectivity index (χ0) is 16.2. The van der Waals surface area contributed by atoms with E-state index in [1.165, 1.54) is 5.56 Å². The van der Waals surface area contributed by atoms with Crippen molar-refractivity contribution in [2.24, 2.45) is 0 Å². The Bertz CT molecular complexity index is 484. The van der Waals surface area contributed by atoms with Crippen LogP contribution in [0.1, 0.15) is 32.8 Å². The largest absolute Gasteiger partial charge is 0.444 e. The molecule has 1 saturated heterocycles. The second kappa shape index (κ2) is 7.11. The van der Waals surface area contributed by atoms with Gasteiger partial charge in [0.05, 0.1) is 6.10 Å². The van der Waals surface area contributed by atoms with Gasteiger partial charge in [-0.1, -0.05) is 30.3 Å². The van der Waals surface area contributed by atoms with Gasteiger partial charge in [-0.15, -0.1) is 0 Å². The van der Waals surface area contributed by atoms with Crippen LogP contribution in [0, 0.1) is 0 Å². The van der Waals surface area contributed by atoms with Crippen LogP contribution < -0.4 is 5.32 Å². The molecule has 0 saturated carbocycles. The lowest BCUT2D eigenvalue weighted by Crippen LogP contribution is -2.52. The van der Waals surface area contributed by atoms with Gasteiger partial charge in [0, 0.05) is 25.7 Å². The van der Waals surface area contributed by atoms with Crippen molar-refractivity contribution < 1.29 is 14.6 Å². The molecule has 1 amide bonds. The van der Waals surface area contributed by atoms with Gasteiger partial charge >= 0.3 is 6.09 Å². The number of carbonyl (C=O) groups excluding carboxylic acids is 1.